The van der Waals surface area contributed by atoms with Crippen LogP contribution in [-0.4, -0.2) is 64.8 Å². The number of ether oxygens (including phenoxy) is 2. The van der Waals surface area contributed by atoms with E-state index >= 15 is 0 Å². The lowest BCUT2D eigenvalue weighted by Gasteiger charge is -2.35. The zero-order chi connectivity index (χ0) is 28.5. The third kappa shape index (κ3) is 6.10. The Hall–Kier alpha value is -3.56. The Morgan fingerprint density at radius 1 is 1.18 bits per heavy atom. The van der Waals surface area contributed by atoms with Crippen LogP contribution < -0.4 is 25.4 Å². The first-order valence-electron chi connectivity index (χ1n) is 13.0. The van der Waals surface area contributed by atoms with Gasteiger partial charge in [-0.3, -0.25) is 0 Å². The minimum atomic E-state index is -4.44. The second-order valence-corrected chi connectivity index (χ2v) is 12.1. The Morgan fingerprint density at radius 2 is 1.95 bits per heavy atom. The molecule has 0 saturated carbocycles. The summed E-state index contributed by atoms with van der Waals surface area (Å²) < 4.78 is 76.9. The number of halogens is 3. The van der Waals surface area contributed by atoms with Gasteiger partial charge in [0.05, 0.1) is 47.2 Å². The summed E-state index contributed by atoms with van der Waals surface area (Å²) in [7, 11) is -1.99. The SMILES string of the molecule is COc1cc(S(C)(=O)=O)ccc1NCC#Cc1cc2c3c(ccc2n1CC(F)(F)F)OCC(C1CCNCC1)N3. The fourth-order valence-corrected chi connectivity index (χ4v) is 5.90. The number of methoxy groups -OCH3 is 1. The molecule has 1 saturated heterocycles. The smallest absolute Gasteiger partial charge is 0.406 e. The quantitative estimate of drug-likeness (QED) is 0.378. The molecule has 0 aliphatic carbocycles. The standard InChI is InChI=1S/C28H31F3N4O4S/c1-38-26-15-20(40(2,36)37)5-6-22(26)33-11-3-4-19-14-21-24(35(19)17-28(29,30)31)7-8-25-27(21)34-23(16-39-25)18-9-12-32-13-10-18/h5-8,14-15,18,23,32-34H,9-13,16-17H2,1-2H3. The molecule has 2 aliphatic rings. The van der Waals surface area contributed by atoms with E-state index in [9.17, 15) is 21.6 Å². The van der Waals surface area contributed by atoms with Gasteiger partial charge in [0.1, 0.15) is 24.7 Å². The van der Waals surface area contributed by atoms with E-state index in [1.54, 1.807) is 24.3 Å². The van der Waals surface area contributed by atoms with Crippen LogP contribution in [0.4, 0.5) is 24.5 Å². The Bertz CT molecular complexity index is 1570. The van der Waals surface area contributed by atoms with Crippen molar-refractivity contribution < 1.29 is 31.1 Å². The van der Waals surface area contributed by atoms with Gasteiger partial charge in [0.25, 0.3) is 0 Å². The Balaban J connectivity index is 1.43. The van der Waals surface area contributed by atoms with Crippen molar-refractivity contribution in [3.63, 3.8) is 0 Å². The van der Waals surface area contributed by atoms with Crippen LogP contribution in [0.1, 0.15) is 18.5 Å². The molecule has 0 amide bonds. The molecule has 0 spiro atoms. The third-order valence-corrected chi connectivity index (χ3v) is 8.38. The highest BCUT2D eigenvalue weighted by atomic mass is 32.2. The van der Waals surface area contributed by atoms with Crippen molar-refractivity contribution >= 4 is 32.1 Å². The van der Waals surface area contributed by atoms with Crippen molar-refractivity contribution in [2.24, 2.45) is 5.92 Å². The number of anilines is 2. The molecular formula is C28H31F3N4O4S. The van der Waals surface area contributed by atoms with E-state index in [4.69, 9.17) is 9.47 Å². The van der Waals surface area contributed by atoms with Gasteiger partial charge < -0.3 is 30.0 Å². The van der Waals surface area contributed by atoms with E-state index < -0.39 is 22.6 Å². The van der Waals surface area contributed by atoms with Crippen LogP contribution in [0.15, 0.2) is 41.3 Å². The molecule has 5 rings (SSSR count). The molecule has 40 heavy (non-hydrogen) atoms. The average molecular weight is 577 g/mol. The van der Waals surface area contributed by atoms with Gasteiger partial charge in [-0.2, -0.15) is 13.2 Å². The largest absolute Gasteiger partial charge is 0.495 e. The molecule has 1 fully saturated rings. The monoisotopic (exact) mass is 576 g/mol. The van der Waals surface area contributed by atoms with E-state index in [1.807, 2.05) is 0 Å². The second-order valence-electron chi connectivity index (χ2n) is 10.0. The van der Waals surface area contributed by atoms with Crippen LogP contribution >= 0.6 is 0 Å². The summed E-state index contributed by atoms with van der Waals surface area (Å²) in [6.45, 7) is 1.30. The minimum Gasteiger partial charge on any atom is -0.495 e. The van der Waals surface area contributed by atoms with Crippen molar-refractivity contribution in [2.45, 2.75) is 36.5 Å². The predicted molar refractivity (Wildman–Crippen MR) is 148 cm³/mol. The average Bonchev–Trinajstić information content (AvgIpc) is 3.26. The van der Waals surface area contributed by atoms with Gasteiger partial charge in [0.15, 0.2) is 9.84 Å². The van der Waals surface area contributed by atoms with E-state index in [2.05, 4.69) is 27.8 Å². The van der Waals surface area contributed by atoms with Crippen molar-refractivity contribution in [1.82, 2.24) is 9.88 Å². The van der Waals surface area contributed by atoms with Crippen LogP contribution in [0.5, 0.6) is 11.5 Å². The summed E-state index contributed by atoms with van der Waals surface area (Å²) in [5.41, 5.74) is 1.87. The maximum atomic E-state index is 13.6. The Labute approximate surface area is 231 Å². The summed E-state index contributed by atoms with van der Waals surface area (Å²) in [4.78, 5) is 0.112. The first-order valence-corrected chi connectivity index (χ1v) is 14.9. The van der Waals surface area contributed by atoms with Crippen LogP contribution in [0.25, 0.3) is 10.9 Å². The number of alkyl halides is 3. The molecule has 1 unspecified atom stereocenters. The summed E-state index contributed by atoms with van der Waals surface area (Å²) in [5, 5.41) is 10.6. The third-order valence-electron chi connectivity index (χ3n) is 7.27. The van der Waals surface area contributed by atoms with Gasteiger partial charge in [-0.15, -0.1) is 0 Å². The number of rotatable bonds is 6. The topological polar surface area (TPSA) is 93.6 Å². The maximum Gasteiger partial charge on any atom is 0.406 e. The summed E-state index contributed by atoms with van der Waals surface area (Å²) in [6.07, 6.45) is -1.32. The van der Waals surface area contributed by atoms with Crippen LogP contribution in [0.3, 0.4) is 0 Å². The first kappa shape index (κ1) is 28.0. The maximum absolute atomic E-state index is 13.6. The van der Waals surface area contributed by atoms with Gasteiger partial charge in [-0.1, -0.05) is 5.92 Å². The number of hydrogen-bond donors (Lipinski definition) is 3. The fourth-order valence-electron chi connectivity index (χ4n) is 5.27. The molecular weight excluding hydrogens is 545 g/mol. The fraction of sp³-hybridized carbons (Fsp3) is 0.429. The van der Waals surface area contributed by atoms with Crippen molar-refractivity contribution in [2.75, 3.05) is 50.2 Å². The number of nitrogens with one attached hydrogen (secondary N) is 3. The zero-order valence-electron chi connectivity index (χ0n) is 22.2. The Morgan fingerprint density at radius 3 is 2.65 bits per heavy atom. The molecule has 12 heteroatoms. The number of aromatic nitrogens is 1. The van der Waals surface area contributed by atoms with Gasteiger partial charge in [0, 0.05) is 17.7 Å². The molecule has 2 aromatic carbocycles. The minimum absolute atomic E-state index is 0.0777. The number of nitrogens with zero attached hydrogens (tertiary/aromatic N) is 1. The molecule has 3 N–H and O–H groups in total. The Kier molecular flexibility index (Phi) is 7.79. The molecule has 0 bridgehead atoms. The van der Waals surface area contributed by atoms with E-state index in [0.29, 0.717) is 46.3 Å². The first-order chi connectivity index (χ1) is 19.0. The number of sulfone groups is 1. The van der Waals surface area contributed by atoms with Crippen LogP contribution in [0, 0.1) is 17.8 Å². The van der Waals surface area contributed by atoms with Gasteiger partial charge in [-0.05, 0) is 68.1 Å². The van der Waals surface area contributed by atoms with Crippen LogP contribution in [0.2, 0.25) is 0 Å². The number of piperidine rings is 1. The van der Waals surface area contributed by atoms with Crippen LogP contribution in [-0.2, 0) is 16.4 Å². The molecule has 0 radical (unpaired) electrons. The molecule has 1 atom stereocenters. The molecule has 1 aromatic heterocycles. The summed E-state index contributed by atoms with van der Waals surface area (Å²) in [6, 6.07) is 9.52. The lowest BCUT2D eigenvalue weighted by Crippen LogP contribution is -2.43. The van der Waals surface area contributed by atoms with Crippen molar-refractivity contribution in [1.29, 1.82) is 0 Å². The predicted octanol–water partition coefficient (Wildman–Crippen LogP) is 4.25. The highest BCUT2D eigenvalue weighted by molar-refractivity contribution is 7.90. The number of hydrogen-bond acceptors (Lipinski definition) is 7. The lowest BCUT2D eigenvalue weighted by atomic mass is 9.89. The molecule has 214 valence electrons. The zero-order valence-corrected chi connectivity index (χ0v) is 23.0. The van der Waals surface area contributed by atoms with E-state index in [1.165, 1.54) is 23.8 Å². The molecule has 2 aliphatic heterocycles. The van der Waals surface area contributed by atoms with Crippen molar-refractivity contribution in [3.05, 3.63) is 42.1 Å². The molecule has 8 nitrogen and oxygen atoms in total. The second kappa shape index (κ2) is 11.1. The lowest BCUT2D eigenvalue weighted by molar-refractivity contribution is -0.140. The highest BCUT2D eigenvalue weighted by Crippen LogP contribution is 2.40. The summed E-state index contributed by atoms with van der Waals surface area (Å²) in [5.74, 6) is 7.13. The van der Waals surface area contributed by atoms with Gasteiger partial charge >= 0.3 is 6.18 Å². The number of fused-ring (bicyclic) bond motifs is 3. The highest BCUT2D eigenvalue weighted by Gasteiger charge is 2.32. The van der Waals surface area contributed by atoms with E-state index in [-0.39, 0.29) is 23.2 Å². The molecule has 3 aromatic rings. The van der Waals surface area contributed by atoms with Crippen molar-refractivity contribution in [3.8, 4) is 23.3 Å². The normalized spacial score (nSPS) is 17.8. The number of benzene rings is 2. The van der Waals surface area contributed by atoms with Gasteiger partial charge in [-0.25, -0.2) is 8.42 Å². The van der Waals surface area contributed by atoms with Gasteiger partial charge in [0.2, 0.25) is 0 Å². The van der Waals surface area contributed by atoms with E-state index in [0.717, 1.165) is 32.2 Å². The summed E-state index contributed by atoms with van der Waals surface area (Å²) >= 11 is 0. The molecule has 3 heterocycles.